The van der Waals surface area contributed by atoms with Crippen LogP contribution in [0.15, 0.2) is 24.5 Å². The third-order valence-electron chi connectivity index (χ3n) is 3.61. The lowest BCUT2D eigenvalue weighted by Gasteiger charge is -1.98. The van der Waals surface area contributed by atoms with Gasteiger partial charge in [0, 0.05) is 0 Å². The largest absolute Gasteiger partial charge is 0.505 e. The monoisotopic (exact) mass is 280 g/mol. The molecule has 1 heteroatoms. The van der Waals surface area contributed by atoms with Gasteiger partial charge < -0.3 is 4.74 Å². The summed E-state index contributed by atoms with van der Waals surface area (Å²) < 4.78 is 4.87. The van der Waals surface area contributed by atoms with Gasteiger partial charge in [-0.05, 0) is 44.6 Å². The predicted molar refractivity (Wildman–Crippen MR) is 91.0 cm³/mol. The molecule has 0 rings (SSSR count). The van der Waals surface area contributed by atoms with Crippen molar-refractivity contribution in [1.82, 2.24) is 0 Å². The SMILES string of the molecule is CCCCCCCC/C=C/CCCCCC/C=C/OC. The molecular formula is C19H36O. The Labute approximate surface area is 127 Å². The van der Waals surface area contributed by atoms with Crippen LogP contribution in [0, 0.1) is 0 Å². The van der Waals surface area contributed by atoms with E-state index in [0.29, 0.717) is 0 Å². The van der Waals surface area contributed by atoms with Gasteiger partial charge >= 0.3 is 0 Å². The average Bonchev–Trinajstić information content (AvgIpc) is 2.47. The number of ether oxygens (including phenoxy) is 1. The van der Waals surface area contributed by atoms with Crippen LogP contribution in [-0.4, -0.2) is 7.11 Å². The Balaban J connectivity index is 3.07. The van der Waals surface area contributed by atoms with Crippen LogP contribution < -0.4 is 0 Å². The lowest BCUT2D eigenvalue weighted by Crippen LogP contribution is -1.79. The van der Waals surface area contributed by atoms with Crippen LogP contribution in [0.3, 0.4) is 0 Å². The minimum Gasteiger partial charge on any atom is -0.505 e. The van der Waals surface area contributed by atoms with E-state index in [1.54, 1.807) is 13.4 Å². The predicted octanol–water partition coefficient (Wildman–Crippen LogP) is 6.79. The van der Waals surface area contributed by atoms with E-state index in [1.165, 1.54) is 77.0 Å². The summed E-state index contributed by atoms with van der Waals surface area (Å²) in [5, 5.41) is 0. The summed E-state index contributed by atoms with van der Waals surface area (Å²) in [5.41, 5.74) is 0. The quantitative estimate of drug-likeness (QED) is 0.182. The Kier molecular flexibility index (Phi) is 17.6. The van der Waals surface area contributed by atoms with E-state index in [4.69, 9.17) is 4.74 Å². The van der Waals surface area contributed by atoms with E-state index >= 15 is 0 Å². The Morgan fingerprint density at radius 2 is 1.05 bits per heavy atom. The molecule has 0 atom stereocenters. The summed E-state index contributed by atoms with van der Waals surface area (Å²) >= 11 is 0. The van der Waals surface area contributed by atoms with Crippen molar-refractivity contribution in [1.29, 1.82) is 0 Å². The van der Waals surface area contributed by atoms with Crippen molar-refractivity contribution in [2.24, 2.45) is 0 Å². The van der Waals surface area contributed by atoms with Crippen molar-refractivity contribution in [3.05, 3.63) is 24.5 Å². The minimum atomic E-state index is 1.15. The molecule has 0 heterocycles. The van der Waals surface area contributed by atoms with Crippen LogP contribution in [-0.2, 0) is 4.74 Å². The van der Waals surface area contributed by atoms with Gasteiger partial charge in [0.05, 0.1) is 13.4 Å². The number of hydrogen-bond acceptors (Lipinski definition) is 1. The van der Waals surface area contributed by atoms with Gasteiger partial charge in [-0.2, -0.15) is 0 Å². The van der Waals surface area contributed by atoms with E-state index in [1.807, 2.05) is 0 Å². The third-order valence-corrected chi connectivity index (χ3v) is 3.61. The molecule has 0 saturated heterocycles. The first-order valence-electron chi connectivity index (χ1n) is 8.74. The van der Waals surface area contributed by atoms with E-state index in [0.717, 1.165) is 6.42 Å². The summed E-state index contributed by atoms with van der Waals surface area (Å²) in [6.45, 7) is 2.28. The number of unbranched alkanes of at least 4 members (excludes halogenated alkanes) is 11. The summed E-state index contributed by atoms with van der Waals surface area (Å²) in [7, 11) is 1.70. The van der Waals surface area contributed by atoms with Crippen LogP contribution in [0.25, 0.3) is 0 Å². The summed E-state index contributed by atoms with van der Waals surface area (Å²) in [6.07, 6.45) is 26.1. The normalized spacial score (nSPS) is 11.7. The molecule has 0 aliphatic rings. The van der Waals surface area contributed by atoms with Gasteiger partial charge in [0.1, 0.15) is 0 Å². The number of rotatable bonds is 15. The molecule has 0 unspecified atom stereocenters. The van der Waals surface area contributed by atoms with Crippen LogP contribution in [0.4, 0.5) is 0 Å². The molecule has 0 saturated carbocycles. The van der Waals surface area contributed by atoms with Crippen molar-refractivity contribution in [3.63, 3.8) is 0 Å². The minimum absolute atomic E-state index is 1.15. The maximum atomic E-state index is 4.87. The van der Waals surface area contributed by atoms with Crippen LogP contribution in [0.2, 0.25) is 0 Å². The molecule has 0 radical (unpaired) electrons. The first-order valence-corrected chi connectivity index (χ1v) is 8.74. The number of methoxy groups -OCH3 is 1. The average molecular weight is 280 g/mol. The second-order valence-electron chi connectivity index (χ2n) is 5.63. The molecule has 20 heavy (non-hydrogen) atoms. The first-order chi connectivity index (χ1) is 9.91. The fourth-order valence-electron chi connectivity index (χ4n) is 2.32. The molecule has 0 fully saturated rings. The van der Waals surface area contributed by atoms with Gasteiger partial charge in [-0.25, -0.2) is 0 Å². The summed E-state index contributed by atoms with van der Waals surface area (Å²) in [5.74, 6) is 0. The molecule has 0 bridgehead atoms. The zero-order chi connectivity index (χ0) is 14.7. The highest BCUT2D eigenvalue weighted by atomic mass is 16.5. The standard InChI is InChI=1S/C19H36O/c1-3-4-5-6-7-8-9-10-11-12-13-14-15-16-17-18-19-20-2/h10-11,18-19H,3-9,12-17H2,1-2H3/b11-10+,19-18+. The van der Waals surface area contributed by atoms with Crippen molar-refractivity contribution in [2.45, 2.75) is 90.4 Å². The molecule has 0 aromatic rings. The zero-order valence-corrected chi connectivity index (χ0v) is 13.9. The van der Waals surface area contributed by atoms with Crippen molar-refractivity contribution in [2.75, 3.05) is 7.11 Å². The molecule has 0 aliphatic heterocycles. The van der Waals surface area contributed by atoms with Gasteiger partial charge in [0.15, 0.2) is 0 Å². The van der Waals surface area contributed by atoms with E-state index in [9.17, 15) is 0 Å². The fraction of sp³-hybridized carbons (Fsp3) is 0.789. The highest BCUT2D eigenvalue weighted by molar-refractivity contribution is 4.81. The summed E-state index contributed by atoms with van der Waals surface area (Å²) in [4.78, 5) is 0. The first kappa shape index (κ1) is 19.3. The number of allylic oxidation sites excluding steroid dienone is 3. The van der Waals surface area contributed by atoms with Crippen LogP contribution in [0.5, 0.6) is 0 Å². The molecule has 0 amide bonds. The van der Waals surface area contributed by atoms with E-state index < -0.39 is 0 Å². The van der Waals surface area contributed by atoms with Gasteiger partial charge in [-0.3, -0.25) is 0 Å². The van der Waals surface area contributed by atoms with Crippen molar-refractivity contribution in [3.8, 4) is 0 Å². The smallest absolute Gasteiger partial charge is 0.0784 e. The van der Waals surface area contributed by atoms with Crippen molar-refractivity contribution < 1.29 is 4.74 Å². The Hall–Kier alpha value is -0.720. The molecule has 0 aliphatic carbocycles. The topological polar surface area (TPSA) is 9.23 Å². The second kappa shape index (κ2) is 18.3. The molecule has 0 aromatic heterocycles. The molecule has 118 valence electrons. The Morgan fingerprint density at radius 3 is 1.55 bits per heavy atom. The molecule has 0 spiro atoms. The zero-order valence-electron chi connectivity index (χ0n) is 13.9. The van der Waals surface area contributed by atoms with Crippen LogP contribution >= 0.6 is 0 Å². The fourth-order valence-corrected chi connectivity index (χ4v) is 2.32. The van der Waals surface area contributed by atoms with Gasteiger partial charge in [0.25, 0.3) is 0 Å². The molecule has 0 aromatic carbocycles. The Bertz CT molecular complexity index is 218. The molecular weight excluding hydrogens is 244 g/mol. The maximum absolute atomic E-state index is 4.87. The number of hydrogen-bond donors (Lipinski definition) is 0. The van der Waals surface area contributed by atoms with E-state index in [-0.39, 0.29) is 0 Å². The van der Waals surface area contributed by atoms with Gasteiger partial charge in [0.2, 0.25) is 0 Å². The lowest BCUT2D eigenvalue weighted by molar-refractivity contribution is 0.336. The van der Waals surface area contributed by atoms with Crippen molar-refractivity contribution >= 4 is 0 Å². The van der Waals surface area contributed by atoms with Gasteiger partial charge in [-0.1, -0.05) is 64.0 Å². The van der Waals surface area contributed by atoms with Crippen LogP contribution in [0.1, 0.15) is 90.4 Å². The lowest BCUT2D eigenvalue weighted by atomic mass is 10.1. The summed E-state index contributed by atoms with van der Waals surface area (Å²) in [6, 6.07) is 0. The van der Waals surface area contributed by atoms with Gasteiger partial charge in [-0.15, -0.1) is 0 Å². The highest BCUT2D eigenvalue weighted by Crippen LogP contribution is 2.09. The second-order valence-corrected chi connectivity index (χ2v) is 5.63. The Morgan fingerprint density at radius 1 is 0.600 bits per heavy atom. The molecule has 0 N–H and O–H groups in total. The molecule has 1 nitrogen and oxygen atoms in total. The maximum Gasteiger partial charge on any atom is 0.0784 e. The highest BCUT2D eigenvalue weighted by Gasteiger charge is 1.89. The third kappa shape index (κ3) is 17.3. The van der Waals surface area contributed by atoms with E-state index in [2.05, 4.69) is 25.2 Å².